The monoisotopic (exact) mass is 345 g/mol. The molecule has 2 heterocycles. The lowest BCUT2D eigenvalue weighted by atomic mass is 9.91. The van der Waals surface area contributed by atoms with Crippen molar-refractivity contribution < 1.29 is 9.90 Å². The van der Waals surface area contributed by atoms with Crippen LogP contribution in [0.5, 0.6) is 0 Å². The van der Waals surface area contributed by atoms with Gasteiger partial charge in [-0.3, -0.25) is 9.69 Å². The average Bonchev–Trinajstić information content (AvgIpc) is 2.99. The van der Waals surface area contributed by atoms with Gasteiger partial charge in [-0.1, -0.05) is 38.1 Å². The fourth-order valence-electron chi connectivity index (χ4n) is 4.27. The van der Waals surface area contributed by atoms with Gasteiger partial charge in [-0.25, -0.2) is 0 Å². The molecule has 4 unspecified atom stereocenters. The number of carbonyl (C=O) groups is 1. The first-order chi connectivity index (χ1) is 12.0. The Kier molecular flexibility index (Phi) is 6.10. The van der Waals surface area contributed by atoms with Gasteiger partial charge in [0.2, 0.25) is 5.91 Å². The second kappa shape index (κ2) is 8.30. The van der Waals surface area contributed by atoms with E-state index >= 15 is 0 Å². The molecule has 25 heavy (non-hydrogen) atoms. The molecule has 0 saturated carbocycles. The second-order valence-corrected chi connectivity index (χ2v) is 7.98. The van der Waals surface area contributed by atoms with Crippen molar-refractivity contribution in [2.24, 2.45) is 11.8 Å². The van der Waals surface area contributed by atoms with Gasteiger partial charge >= 0.3 is 0 Å². The van der Waals surface area contributed by atoms with Gasteiger partial charge in [-0.2, -0.15) is 0 Å². The fourth-order valence-corrected chi connectivity index (χ4v) is 4.27. The van der Waals surface area contributed by atoms with E-state index in [-0.39, 0.29) is 11.9 Å². The number of β-amino-alcohol motifs (C(OH)–C–C–N with tert-alkyl or cyclic N) is 1. The van der Waals surface area contributed by atoms with Crippen LogP contribution < -0.4 is 10.6 Å². The van der Waals surface area contributed by atoms with Gasteiger partial charge in [0.05, 0.1) is 12.1 Å². The van der Waals surface area contributed by atoms with Crippen LogP contribution in [0.3, 0.4) is 0 Å². The Hall–Kier alpha value is -1.43. The predicted octanol–water partition coefficient (Wildman–Crippen LogP) is 1.50. The Morgan fingerprint density at radius 2 is 1.88 bits per heavy atom. The number of amides is 1. The Balaban J connectivity index is 1.58. The number of hydrogen-bond acceptors (Lipinski definition) is 4. The number of likely N-dealkylation sites (tertiary alicyclic amines) is 1. The highest BCUT2D eigenvalue weighted by Gasteiger charge is 2.28. The molecular formula is C20H31N3O2. The van der Waals surface area contributed by atoms with Crippen LogP contribution in [0, 0.1) is 11.8 Å². The van der Waals surface area contributed by atoms with Crippen LogP contribution in [0.15, 0.2) is 24.3 Å². The molecular weight excluding hydrogens is 314 g/mol. The molecule has 1 aromatic carbocycles. The van der Waals surface area contributed by atoms with E-state index in [1.165, 1.54) is 17.5 Å². The normalized spacial score (nSPS) is 30.4. The van der Waals surface area contributed by atoms with Crippen LogP contribution in [0.4, 0.5) is 0 Å². The number of aliphatic hydroxyl groups excluding tert-OH is 1. The van der Waals surface area contributed by atoms with Crippen molar-refractivity contribution in [2.75, 3.05) is 19.6 Å². The summed E-state index contributed by atoms with van der Waals surface area (Å²) in [5.74, 6) is 1.47. The Morgan fingerprint density at radius 1 is 1.20 bits per heavy atom. The average molecular weight is 345 g/mol. The molecule has 2 saturated heterocycles. The molecule has 138 valence electrons. The maximum atomic E-state index is 12.3. The third-order valence-electron chi connectivity index (χ3n) is 5.33. The summed E-state index contributed by atoms with van der Waals surface area (Å²) in [6.07, 6.45) is 1.40. The maximum absolute atomic E-state index is 12.3. The zero-order chi connectivity index (χ0) is 17.8. The zero-order valence-corrected chi connectivity index (χ0v) is 15.4. The number of nitrogens with zero attached hydrogens (tertiary/aromatic N) is 1. The van der Waals surface area contributed by atoms with E-state index < -0.39 is 6.10 Å². The van der Waals surface area contributed by atoms with Crippen molar-refractivity contribution in [3.63, 3.8) is 0 Å². The van der Waals surface area contributed by atoms with Crippen LogP contribution in [-0.4, -0.2) is 47.7 Å². The second-order valence-electron chi connectivity index (χ2n) is 7.98. The molecule has 5 nitrogen and oxygen atoms in total. The van der Waals surface area contributed by atoms with Crippen LogP contribution in [0.25, 0.3) is 0 Å². The predicted molar refractivity (Wildman–Crippen MR) is 98.9 cm³/mol. The molecule has 0 spiro atoms. The molecule has 0 bridgehead atoms. The lowest BCUT2D eigenvalue weighted by Crippen LogP contribution is -2.40. The number of nitrogens with one attached hydrogen (secondary N) is 2. The molecule has 1 aromatic rings. The first-order valence-electron chi connectivity index (χ1n) is 9.49. The topological polar surface area (TPSA) is 64.6 Å². The van der Waals surface area contributed by atoms with Gasteiger partial charge in [0, 0.05) is 32.7 Å². The lowest BCUT2D eigenvalue weighted by molar-refractivity contribution is -0.123. The number of hydrogen-bond donors (Lipinski definition) is 3. The summed E-state index contributed by atoms with van der Waals surface area (Å²) in [6.45, 7) is 8.95. The third kappa shape index (κ3) is 5.03. The Labute approximate surface area is 150 Å². The van der Waals surface area contributed by atoms with Crippen molar-refractivity contribution in [3.05, 3.63) is 35.4 Å². The number of rotatable bonds is 5. The molecule has 1 amide bonds. The molecule has 3 rings (SSSR count). The number of carbonyl (C=O) groups excluding carboxylic acids is 1. The van der Waals surface area contributed by atoms with E-state index in [0.717, 1.165) is 31.5 Å². The fraction of sp³-hybridized carbons (Fsp3) is 0.650. The molecule has 0 aliphatic carbocycles. The summed E-state index contributed by atoms with van der Waals surface area (Å²) < 4.78 is 0. The SMILES string of the molecule is CC1CC(C)CN(Cc2ccccc2CNC(=O)C2CC(O)CN2)C1. The number of piperidine rings is 1. The van der Waals surface area contributed by atoms with E-state index in [2.05, 4.69) is 47.6 Å². The number of benzene rings is 1. The molecule has 0 aromatic heterocycles. The van der Waals surface area contributed by atoms with E-state index in [9.17, 15) is 9.90 Å². The molecule has 2 fully saturated rings. The number of aliphatic hydroxyl groups is 1. The van der Waals surface area contributed by atoms with E-state index in [1.54, 1.807) is 0 Å². The van der Waals surface area contributed by atoms with E-state index in [0.29, 0.717) is 19.5 Å². The van der Waals surface area contributed by atoms with Gasteiger partial charge in [0.1, 0.15) is 0 Å². The van der Waals surface area contributed by atoms with Gasteiger partial charge in [-0.15, -0.1) is 0 Å². The maximum Gasteiger partial charge on any atom is 0.237 e. The zero-order valence-electron chi connectivity index (χ0n) is 15.4. The highest BCUT2D eigenvalue weighted by molar-refractivity contribution is 5.82. The van der Waals surface area contributed by atoms with Crippen LogP contribution >= 0.6 is 0 Å². The minimum Gasteiger partial charge on any atom is -0.392 e. The van der Waals surface area contributed by atoms with Crippen molar-refractivity contribution >= 4 is 5.91 Å². The van der Waals surface area contributed by atoms with Crippen molar-refractivity contribution in [3.8, 4) is 0 Å². The third-order valence-corrected chi connectivity index (χ3v) is 5.33. The molecule has 0 radical (unpaired) electrons. The van der Waals surface area contributed by atoms with E-state index in [1.807, 2.05) is 6.07 Å². The minimum absolute atomic E-state index is 0.0217. The first-order valence-corrected chi connectivity index (χ1v) is 9.49. The van der Waals surface area contributed by atoms with Crippen LogP contribution in [0.2, 0.25) is 0 Å². The summed E-state index contributed by atoms with van der Waals surface area (Å²) in [5.41, 5.74) is 2.48. The van der Waals surface area contributed by atoms with Crippen molar-refractivity contribution in [2.45, 2.75) is 51.9 Å². The summed E-state index contributed by atoms with van der Waals surface area (Å²) in [4.78, 5) is 14.8. The summed E-state index contributed by atoms with van der Waals surface area (Å²) in [5, 5.41) is 15.6. The van der Waals surface area contributed by atoms with Gasteiger partial charge in [0.15, 0.2) is 0 Å². The van der Waals surface area contributed by atoms with Crippen molar-refractivity contribution in [1.82, 2.24) is 15.5 Å². The lowest BCUT2D eigenvalue weighted by Gasteiger charge is -2.35. The Morgan fingerprint density at radius 3 is 2.52 bits per heavy atom. The van der Waals surface area contributed by atoms with Crippen LogP contribution in [-0.2, 0) is 17.9 Å². The highest BCUT2D eigenvalue weighted by atomic mass is 16.3. The van der Waals surface area contributed by atoms with Gasteiger partial charge in [0.25, 0.3) is 0 Å². The van der Waals surface area contributed by atoms with Gasteiger partial charge in [-0.05, 0) is 35.8 Å². The molecule has 5 heteroatoms. The summed E-state index contributed by atoms with van der Waals surface area (Å²) >= 11 is 0. The summed E-state index contributed by atoms with van der Waals surface area (Å²) in [6, 6.07) is 8.11. The molecule has 2 aliphatic rings. The van der Waals surface area contributed by atoms with Gasteiger partial charge < -0.3 is 15.7 Å². The van der Waals surface area contributed by atoms with Crippen LogP contribution in [0.1, 0.15) is 37.8 Å². The smallest absolute Gasteiger partial charge is 0.237 e. The summed E-state index contributed by atoms with van der Waals surface area (Å²) in [7, 11) is 0. The highest BCUT2D eigenvalue weighted by Crippen LogP contribution is 2.23. The first kappa shape index (κ1) is 18.4. The standard InChI is InChI=1S/C20H31N3O2/c1-14-7-15(2)12-23(11-14)13-17-6-4-3-5-16(17)9-22-20(25)19-8-18(24)10-21-19/h3-6,14-15,18-19,21,24H,7-13H2,1-2H3,(H,22,25). The van der Waals surface area contributed by atoms with Crippen molar-refractivity contribution in [1.29, 1.82) is 0 Å². The Bertz CT molecular complexity index is 582. The minimum atomic E-state index is -0.411. The molecule has 4 atom stereocenters. The molecule has 3 N–H and O–H groups in total. The van der Waals surface area contributed by atoms with E-state index in [4.69, 9.17) is 0 Å². The molecule has 2 aliphatic heterocycles. The largest absolute Gasteiger partial charge is 0.392 e. The quantitative estimate of drug-likeness (QED) is 0.757.